The first-order valence-electron chi connectivity index (χ1n) is 5.93. The molecule has 0 amide bonds. The molecule has 0 spiro atoms. The quantitative estimate of drug-likeness (QED) is 0.649. The van der Waals surface area contributed by atoms with E-state index in [0.29, 0.717) is 31.2 Å². The molecule has 0 bridgehead atoms. The summed E-state index contributed by atoms with van der Waals surface area (Å²) < 4.78 is 0.633. The van der Waals surface area contributed by atoms with Crippen LogP contribution in [0.4, 0.5) is 0 Å². The minimum absolute atomic E-state index is 0.123. The zero-order chi connectivity index (χ0) is 15.1. The van der Waals surface area contributed by atoms with Gasteiger partial charge in [0.2, 0.25) is 0 Å². The highest BCUT2D eigenvalue weighted by Gasteiger charge is 2.19. The van der Waals surface area contributed by atoms with Crippen molar-refractivity contribution in [1.29, 1.82) is 0 Å². The fourth-order valence-electron chi connectivity index (χ4n) is 2.27. The van der Waals surface area contributed by atoms with Crippen LogP contribution in [0.25, 0.3) is 21.5 Å². The van der Waals surface area contributed by atoms with Crippen molar-refractivity contribution in [3.8, 4) is 10.6 Å². The average molecular weight is 361 g/mol. The Hall–Kier alpha value is -1.20. The predicted molar refractivity (Wildman–Crippen MR) is 88.0 cm³/mol. The van der Waals surface area contributed by atoms with Gasteiger partial charge in [0.15, 0.2) is 0 Å². The molecule has 0 unspecified atom stereocenters. The van der Waals surface area contributed by atoms with Crippen LogP contribution in [0.15, 0.2) is 24.3 Å². The van der Waals surface area contributed by atoms with Gasteiger partial charge >= 0.3 is 5.97 Å². The lowest BCUT2D eigenvalue weighted by molar-refractivity contribution is -0.136. The van der Waals surface area contributed by atoms with Crippen LogP contribution in [0.5, 0.6) is 0 Å². The topological polar surface area (TPSA) is 53.1 Å². The van der Waals surface area contributed by atoms with Crippen LogP contribution in [-0.4, -0.2) is 16.1 Å². The standard InChI is InChI=1S/C14H8Cl3NO2S/c15-6-3-7-8(5-12(19)20)14(10-1-2-11(17)21-10)18-13(7)9(16)4-6/h1-4,18H,5H2,(H,19,20). The number of hydrogen-bond donors (Lipinski definition) is 2. The minimum atomic E-state index is -0.920. The molecule has 0 atom stereocenters. The van der Waals surface area contributed by atoms with Crippen LogP contribution >= 0.6 is 46.1 Å². The average Bonchev–Trinajstić information content (AvgIpc) is 2.94. The van der Waals surface area contributed by atoms with E-state index in [9.17, 15) is 4.79 Å². The largest absolute Gasteiger partial charge is 0.481 e. The number of benzene rings is 1. The molecule has 7 heteroatoms. The molecule has 0 aliphatic rings. The van der Waals surface area contributed by atoms with E-state index < -0.39 is 5.97 Å². The summed E-state index contributed by atoms with van der Waals surface area (Å²) >= 11 is 19.6. The number of carboxylic acids is 1. The second-order valence-corrected chi connectivity index (χ2v) is 7.02. The van der Waals surface area contributed by atoms with E-state index in [0.717, 1.165) is 10.3 Å². The SMILES string of the molecule is O=C(O)Cc1c(-c2ccc(Cl)s2)[nH]c2c(Cl)cc(Cl)cc12. The maximum atomic E-state index is 11.2. The lowest BCUT2D eigenvalue weighted by atomic mass is 10.1. The number of carbonyl (C=O) groups is 1. The Balaban J connectivity index is 2.32. The summed E-state index contributed by atoms with van der Waals surface area (Å²) in [5.74, 6) is -0.920. The van der Waals surface area contributed by atoms with E-state index in [-0.39, 0.29) is 6.42 Å². The molecule has 0 aliphatic carbocycles. The number of carboxylic acid groups (broad SMARTS) is 1. The molecule has 0 aliphatic heterocycles. The van der Waals surface area contributed by atoms with Crippen LogP contribution in [0.2, 0.25) is 14.4 Å². The van der Waals surface area contributed by atoms with Gasteiger partial charge < -0.3 is 10.1 Å². The summed E-state index contributed by atoms with van der Waals surface area (Å²) in [6.45, 7) is 0. The van der Waals surface area contributed by atoms with Gasteiger partial charge in [0.1, 0.15) is 0 Å². The number of fused-ring (bicyclic) bond motifs is 1. The number of aromatic amines is 1. The number of hydrogen-bond acceptors (Lipinski definition) is 2. The maximum Gasteiger partial charge on any atom is 0.307 e. The van der Waals surface area contributed by atoms with Gasteiger partial charge in [-0.3, -0.25) is 4.79 Å². The van der Waals surface area contributed by atoms with Gasteiger partial charge in [-0.25, -0.2) is 0 Å². The zero-order valence-corrected chi connectivity index (χ0v) is 13.5. The number of H-pyrrole nitrogens is 1. The second-order valence-electron chi connectivity index (χ2n) is 4.46. The minimum Gasteiger partial charge on any atom is -0.481 e. The van der Waals surface area contributed by atoms with Crippen molar-refractivity contribution < 1.29 is 9.90 Å². The molecule has 0 radical (unpaired) electrons. The second kappa shape index (κ2) is 5.54. The number of aliphatic carboxylic acids is 1. The van der Waals surface area contributed by atoms with E-state index in [1.165, 1.54) is 11.3 Å². The Morgan fingerprint density at radius 1 is 1.24 bits per heavy atom. The normalized spacial score (nSPS) is 11.2. The van der Waals surface area contributed by atoms with Gasteiger partial charge in [-0.15, -0.1) is 11.3 Å². The third-order valence-electron chi connectivity index (χ3n) is 3.08. The molecule has 2 N–H and O–H groups in total. The molecule has 1 aromatic carbocycles. The first-order chi connectivity index (χ1) is 9.95. The van der Waals surface area contributed by atoms with Crippen molar-refractivity contribution >= 4 is 63.0 Å². The number of aromatic nitrogens is 1. The summed E-state index contributed by atoms with van der Waals surface area (Å²) in [7, 11) is 0. The van der Waals surface area contributed by atoms with Crippen LogP contribution in [0.3, 0.4) is 0 Å². The van der Waals surface area contributed by atoms with Crippen molar-refractivity contribution in [2.75, 3.05) is 0 Å². The van der Waals surface area contributed by atoms with E-state index in [1.54, 1.807) is 18.2 Å². The van der Waals surface area contributed by atoms with Crippen LogP contribution in [-0.2, 0) is 11.2 Å². The zero-order valence-electron chi connectivity index (χ0n) is 10.4. The van der Waals surface area contributed by atoms with Crippen LogP contribution < -0.4 is 0 Å². The lowest BCUT2D eigenvalue weighted by Crippen LogP contribution is -2.00. The molecule has 2 heterocycles. The Kier molecular flexibility index (Phi) is 3.88. The third-order valence-corrected chi connectivity index (χ3v) is 4.84. The van der Waals surface area contributed by atoms with Gasteiger partial charge in [0.25, 0.3) is 0 Å². The van der Waals surface area contributed by atoms with Crippen molar-refractivity contribution in [3.05, 3.63) is 44.2 Å². The summed E-state index contributed by atoms with van der Waals surface area (Å²) in [6.07, 6.45) is -0.123. The third kappa shape index (κ3) is 2.77. The van der Waals surface area contributed by atoms with Crippen molar-refractivity contribution in [3.63, 3.8) is 0 Å². The molecular weight excluding hydrogens is 353 g/mol. The highest BCUT2D eigenvalue weighted by Crippen LogP contribution is 2.39. The number of rotatable bonds is 3. The Morgan fingerprint density at radius 3 is 2.62 bits per heavy atom. The Bertz CT molecular complexity index is 853. The molecule has 2 aromatic heterocycles. The first-order valence-corrected chi connectivity index (χ1v) is 7.88. The highest BCUT2D eigenvalue weighted by atomic mass is 35.5. The van der Waals surface area contributed by atoms with Crippen LogP contribution in [0.1, 0.15) is 5.56 Å². The summed E-state index contributed by atoms with van der Waals surface area (Å²) in [6, 6.07) is 6.96. The van der Waals surface area contributed by atoms with Gasteiger partial charge in [0, 0.05) is 10.4 Å². The molecule has 3 aromatic rings. The Labute approximate surface area is 139 Å². The van der Waals surface area contributed by atoms with Crippen molar-refractivity contribution in [2.24, 2.45) is 0 Å². The van der Waals surface area contributed by atoms with Gasteiger partial charge in [-0.05, 0) is 29.8 Å². The van der Waals surface area contributed by atoms with Crippen LogP contribution in [0, 0.1) is 0 Å². The molecule has 3 rings (SSSR count). The predicted octanol–water partition coefficient (Wildman–Crippen LogP) is 5.48. The summed E-state index contributed by atoms with van der Waals surface area (Å²) in [4.78, 5) is 15.2. The number of thiophene rings is 1. The fourth-order valence-corrected chi connectivity index (χ4v) is 3.88. The number of halogens is 3. The fraction of sp³-hybridized carbons (Fsp3) is 0.0714. The van der Waals surface area contributed by atoms with Crippen molar-refractivity contribution in [1.82, 2.24) is 4.98 Å². The molecule has 21 heavy (non-hydrogen) atoms. The van der Waals surface area contributed by atoms with E-state index in [2.05, 4.69) is 4.98 Å². The molecule has 0 saturated carbocycles. The first kappa shape index (κ1) is 14.7. The molecule has 3 nitrogen and oxygen atoms in total. The molecule has 0 saturated heterocycles. The number of nitrogens with one attached hydrogen (secondary N) is 1. The molecule has 0 fully saturated rings. The lowest BCUT2D eigenvalue weighted by Gasteiger charge is -2.00. The summed E-state index contributed by atoms with van der Waals surface area (Å²) in [5, 5.41) is 10.8. The highest BCUT2D eigenvalue weighted by molar-refractivity contribution is 7.19. The smallest absolute Gasteiger partial charge is 0.307 e. The van der Waals surface area contributed by atoms with Gasteiger partial charge in [-0.1, -0.05) is 34.8 Å². The van der Waals surface area contributed by atoms with Gasteiger partial charge in [-0.2, -0.15) is 0 Å². The molecular formula is C14H8Cl3NO2S. The van der Waals surface area contributed by atoms with E-state index >= 15 is 0 Å². The van der Waals surface area contributed by atoms with E-state index in [1.807, 2.05) is 6.07 Å². The monoisotopic (exact) mass is 359 g/mol. The maximum absolute atomic E-state index is 11.2. The Morgan fingerprint density at radius 2 is 2.00 bits per heavy atom. The van der Waals surface area contributed by atoms with Crippen molar-refractivity contribution in [2.45, 2.75) is 6.42 Å². The van der Waals surface area contributed by atoms with Gasteiger partial charge in [0.05, 0.1) is 31.9 Å². The molecule has 108 valence electrons. The summed E-state index contributed by atoms with van der Waals surface area (Å²) in [5.41, 5.74) is 2.05. The van der Waals surface area contributed by atoms with E-state index in [4.69, 9.17) is 39.9 Å².